The number of benzene rings is 3. The van der Waals surface area contributed by atoms with Crippen molar-refractivity contribution in [3.05, 3.63) is 112 Å². The topological polar surface area (TPSA) is 0 Å². The van der Waals surface area contributed by atoms with Crippen LogP contribution < -0.4 is 0 Å². The van der Waals surface area contributed by atoms with Crippen LogP contribution in [0.3, 0.4) is 0 Å². The molecule has 29 heavy (non-hydrogen) atoms. The van der Waals surface area contributed by atoms with E-state index in [0.29, 0.717) is 0 Å². The van der Waals surface area contributed by atoms with Crippen molar-refractivity contribution in [2.24, 2.45) is 0 Å². The highest BCUT2D eigenvalue weighted by molar-refractivity contribution is 5.67. The molecule has 0 saturated carbocycles. The smallest absolute Gasteiger partial charge is 0.0198 e. The van der Waals surface area contributed by atoms with Crippen molar-refractivity contribution in [1.29, 1.82) is 0 Å². The zero-order valence-electron chi connectivity index (χ0n) is 19.5. The summed E-state index contributed by atoms with van der Waals surface area (Å²) in [7, 11) is 0. The molecule has 0 atom stereocenters. The molecule has 3 aromatic carbocycles. The number of aryl methyl sites for hydroxylation is 6. The van der Waals surface area contributed by atoms with Gasteiger partial charge >= 0.3 is 0 Å². The van der Waals surface area contributed by atoms with Gasteiger partial charge in [0.2, 0.25) is 0 Å². The van der Waals surface area contributed by atoms with Crippen LogP contribution in [0.15, 0.2) is 73.3 Å². The Morgan fingerprint density at radius 2 is 1.03 bits per heavy atom. The molecule has 0 nitrogen and oxygen atoms in total. The minimum atomic E-state index is 1.02. The number of hydrogen-bond acceptors (Lipinski definition) is 0. The highest BCUT2D eigenvalue weighted by Crippen LogP contribution is 2.23. The van der Waals surface area contributed by atoms with Crippen molar-refractivity contribution in [1.82, 2.24) is 0 Å². The first-order valence-electron chi connectivity index (χ1n) is 10.7. The summed E-state index contributed by atoms with van der Waals surface area (Å²) in [5, 5.41) is 0. The van der Waals surface area contributed by atoms with Gasteiger partial charge < -0.3 is 0 Å². The molecule has 0 aromatic heterocycles. The Kier molecular flexibility index (Phi) is 10.8. The average Bonchev–Trinajstić information content (AvgIpc) is 2.73. The number of allylic oxidation sites excluding steroid dienone is 1. The quantitative estimate of drug-likeness (QED) is 0.421. The molecule has 0 aliphatic heterocycles. The second-order valence-electron chi connectivity index (χ2n) is 7.56. The van der Waals surface area contributed by atoms with Crippen LogP contribution in [0.1, 0.15) is 59.2 Å². The van der Waals surface area contributed by atoms with Gasteiger partial charge in [-0.05, 0) is 69.7 Å². The summed E-state index contributed by atoms with van der Waals surface area (Å²) in [6, 6.07) is 23.8. The normalized spacial score (nSPS) is 9.62. The maximum atomic E-state index is 4.26. The maximum absolute atomic E-state index is 4.26. The minimum absolute atomic E-state index is 1.02. The van der Waals surface area contributed by atoms with Gasteiger partial charge in [-0.15, -0.1) is 0 Å². The molecule has 0 spiro atoms. The van der Waals surface area contributed by atoms with Crippen LogP contribution in [0, 0.1) is 34.6 Å². The Hall–Kier alpha value is -2.60. The lowest BCUT2D eigenvalue weighted by Gasteiger charge is -2.10. The highest BCUT2D eigenvalue weighted by atomic mass is 14.1. The monoisotopic (exact) mass is 386 g/mol. The van der Waals surface area contributed by atoms with Gasteiger partial charge in [-0.25, -0.2) is 0 Å². The predicted octanol–water partition coefficient (Wildman–Crippen LogP) is 8.59. The van der Waals surface area contributed by atoms with Crippen LogP contribution in [0.4, 0.5) is 0 Å². The van der Waals surface area contributed by atoms with E-state index in [0.717, 1.165) is 12.8 Å². The maximum Gasteiger partial charge on any atom is -0.0198 e. The summed E-state index contributed by atoms with van der Waals surface area (Å²) in [5.41, 5.74) is 10.5. The predicted molar refractivity (Wildman–Crippen MR) is 132 cm³/mol. The number of rotatable bonds is 4. The van der Waals surface area contributed by atoms with Crippen LogP contribution >= 0.6 is 0 Å². The summed E-state index contributed by atoms with van der Waals surface area (Å²) >= 11 is 0. The molecular formula is C29H38. The molecule has 0 saturated heterocycles. The Bertz CT molecular complexity index is 844. The van der Waals surface area contributed by atoms with Crippen LogP contribution in [-0.4, -0.2) is 0 Å². The lowest BCUT2D eigenvalue weighted by Crippen LogP contribution is -1.92. The molecule has 0 aliphatic carbocycles. The van der Waals surface area contributed by atoms with Gasteiger partial charge in [0, 0.05) is 0 Å². The molecule has 0 aliphatic rings. The largest absolute Gasteiger partial charge is 0.0952 e. The molecule has 3 aromatic rings. The fraction of sp³-hybridized carbons (Fsp3) is 0.310. The van der Waals surface area contributed by atoms with Crippen LogP contribution in [0.5, 0.6) is 0 Å². The summed E-state index contributed by atoms with van der Waals surface area (Å²) in [6.45, 7) is 18.9. The molecule has 0 unspecified atom stereocenters. The van der Waals surface area contributed by atoms with Gasteiger partial charge in [-0.1, -0.05) is 109 Å². The first-order valence-corrected chi connectivity index (χ1v) is 10.7. The lowest BCUT2D eigenvalue weighted by molar-refractivity contribution is 1.01. The van der Waals surface area contributed by atoms with E-state index in [4.69, 9.17) is 0 Å². The van der Waals surface area contributed by atoms with Gasteiger partial charge in [-0.2, -0.15) is 0 Å². The molecule has 0 fully saturated rings. The van der Waals surface area contributed by atoms with E-state index >= 15 is 0 Å². The van der Waals surface area contributed by atoms with Crippen molar-refractivity contribution in [3.63, 3.8) is 0 Å². The summed E-state index contributed by atoms with van der Waals surface area (Å²) in [4.78, 5) is 0. The van der Waals surface area contributed by atoms with Crippen molar-refractivity contribution in [2.45, 2.75) is 61.3 Å². The van der Waals surface area contributed by atoms with E-state index in [1.165, 1.54) is 44.5 Å². The van der Waals surface area contributed by atoms with Crippen LogP contribution in [0.2, 0.25) is 0 Å². The second-order valence-corrected chi connectivity index (χ2v) is 7.56. The van der Waals surface area contributed by atoms with Crippen LogP contribution in [0.25, 0.3) is 5.57 Å². The molecular weight excluding hydrogens is 348 g/mol. The van der Waals surface area contributed by atoms with E-state index in [1.807, 2.05) is 13.8 Å². The standard InChI is InChI=1S/C19H22.C8H10.C2H6/c1-14-6-10-18(11-7-14)12-9-17(4)19-13-15(2)5-8-16(19)3;1-7-3-5-8(2)6-4-7;1-2/h5-8,10-11,13H,4,9,12H2,1-3H3;3-6H,1-2H3;1-2H3. The molecule has 0 radical (unpaired) electrons. The van der Waals surface area contributed by atoms with Gasteiger partial charge in [0.1, 0.15) is 0 Å². The van der Waals surface area contributed by atoms with E-state index in [9.17, 15) is 0 Å². The first kappa shape index (κ1) is 24.4. The molecule has 0 heterocycles. The van der Waals surface area contributed by atoms with Gasteiger partial charge in [0.05, 0.1) is 0 Å². The Labute approximate surface area is 179 Å². The number of hydrogen-bond donors (Lipinski definition) is 0. The first-order chi connectivity index (χ1) is 13.8. The van der Waals surface area contributed by atoms with E-state index in [-0.39, 0.29) is 0 Å². The third-order valence-electron chi connectivity index (χ3n) is 4.83. The third kappa shape index (κ3) is 8.96. The molecule has 0 bridgehead atoms. The van der Waals surface area contributed by atoms with Crippen molar-refractivity contribution in [2.75, 3.05) is 0 Å². The summed E-state index contributed by atoms with van der Waals surface area (Å²) < 4.78 is 0. The fourth-order valence-corrected chi connectivity index (χ4v) is 2.94. The molecule has 0 heteroatoms. The molecule has 0 amide bonds. The molecule has 154 valence electrons. The van der Waals surface area contributed by atoms with E-state index < -0.39 is 0 Å². The second kappa shape index (κ2) is 12.8. The Morgan fingerprint density at radius 3 is 1.52 bits per heavy atom. The summed E-state index contributed by atoms with van der Waals surface area (Å²) in [5.74, 6) is 0. The van der Waals surface area contributed by atoms with Crippen molar-refractivity contribution < 1.29 is 0 Å². The van der Waals surface area contributed by atoms with Gasteiger partial charge in [0.25, 0.3) is 0 Å². The van der Waals surface area contributed by atoms with Crippen LogP contribution in [-0.2, 0) is 6.42 Å². The zero-order chi connectivity index (χ0) is 21.8. The third-order valence-corrected chi connectivity index (χ3v) is 4.83. The Morgan fingerprint density at radius 1 is 0.621 bits per heavy atom. The SMILES string of the molecule is C=C(CCc1ccc(C)cc1)c1cc(C)ccc1C.CC.Cc1ccc(C)cc1. The van der Waals surface area contributed by atoms with E-state index in [2.05, 4.69) is 108 Å². The van der Waals surface area contributed by atoms with Gasteiger partial charge in [0.15, 0.2) is 0 Å². The molecule has 3 rings (SSSR count). The Balaban J connectivity index is 0.000000351. The molecule has 0 N–H and O–H groups in total. The van der Waals surface area contributed by atoms with Crippen molar-refractivity contribution >= 4 is 5.57 Å². The highest BCUT2D eigenvalue weighted by Gasteiger charge is 2.04. The lowest BCUT2D eigenvalue weighted by atomic mass is 9.95. The fourth-order valence-electron chi connectivity index (χ4n) is 2.94. The summed E-state index contributed by atoms with van der Waals surface area (Å²) in [6.07, 6.45) is 2.08. The van der Waals surface area contributed by atoms with E-state index in [1.54, 1.807) is 0 Å². The van der Waals surface area contributed by atoms with Gasteiger partial charge in [-0.3, -0.25) is 0 Å². The average molecular weight is 387 g/mol. The van der Waals surface area contributed by atoms with Crippen molar-refractivity contribution in [3.8, 4) is 0 Å². The minimum Gasteiger partial charge on any atom is -0.0952 e. The zero-order valence-corrected chi connectivity index (χ0v) is 19.5.